The fraction of sp³-hybridized carbons (Fsp3) is 0.500. The van der Waals surface area contributed by atoms with Gasteiger partial charge in [-0.1, -0.05) is 12.1 Å². The number of carbonyl (C=O) groups is 1. The Morgan fingerprint density at radius 1 is 1.50 bits per heavy atom. The summed E-state index contributed by atoms with van der Waals surface area (Å²) in [7, 11) is 0. The van der Waals surface area contributed by atoms with E-state index in [4.69, 9.17) is 0 Å². The molecule has 0 aromatic heterocycles. The van der Waals surface area contributed by atoms with E-state index < -0.39 is 4.92 Å². The molecule has 1 aromatic carbocycles. The number of hydrogen-bond donors (Lipinski definition) is 2. The number of nitro benzene ring substituents is 1. The van der Waals surface area contributed by atoms with Crippen molar-refractivity contribution in [2.75, 3.05) is 13.1 Å². The minimum atomic E-state index is -0.419. The van der Waals surface area contributed by atoms with E-state index in [0.717, 1.165) is 31.5 Å². The lowest BCUT2D eigenvalue weighted by atomic mass is 10.1. The van der Waals surface area contributed by atoms with Crippen molar-refractivity contribution in [3.05, 3.63) is 39.9 Å². The molecule has 1 amide bonds. The van der Waals surface area contributed by atoms with Crippen LogP contribution < -0.4 is 10.6 Å². The molecule has 108 valence electrons. The van der Waals surface area contributed by atoms with Gasteiger partial charge in [0.1, 0.15) is 0 Å². The SMILES string of the molecule is O=C(CCc1cccc([N+](=O)[O-])c1)N[C@H]1CCCNC1. The highest BCUT2D eigenvalue weighted by molar-refractivity contribution is 5.76. The van der Waals surface area contributed by atoms with Gasteiger partial charge in [0.15, 0.2) is 0 Å². The van der Waals surface area contributed by atoms with Gasteiger partial charge >= 0.3 is 0 Å². The van der Waals surface area contributed by atoms with Gasteiger partial charge in [-0.2, -0.15) is 0 Å². The lowest BCUT2D eigenvalue weighted by Gasteiger charge is -2.23. The summed E-state index contributed by atoms with van der Waals surface area (Å²) in [6.45, 7) is 1.84. The standard InChI is InChI=1S/C14H19N3O3/c18-14(16-12-4-2-8-15-10-12)7-6-11-3-1-5-13(9-11)17(19)20/h1,3,5,9,12,15H,2,4,6-8,10H2,(H,16,18)/t12-/m0/s1. The van der Waals surface area contributed by atoms with Crippen molar-refractivity contribution in [3.8, 4) is 0 Å². The second-order valence-electron chi connectivity index (χ2n) is 5.04. The quantitative estimate of drug-likeness (QED) is 0.629. The van der Waals surface area contributed by atoms with Crippen molar-refractivity contribution >= 4 is 11.6 Å². The largest absolute Gasteiger partial charge is 0.352 e. The van der Waals surface area contributed by atoms with Gasteiger partial charge in [-0.05, 0) is 31.4 Å². The van der Waals surface area contributed by atoms with Crippen molar-refractivity contribution in [3.63, 3.8) is 0 Å². The molecule has 6 nitrogen and oxygen atoms in total. The summed E-state index contributed by atoms with van der Waals surface area (Å²) < 4.78 is 0. The van der Waals surface area contributed by atoms with E-state index in [1.54, 1.807) is 6.07 Å². The van der Waals surface area contributed by atoms with Crippen LogP contribution in [0.5, 0.6) is 0 Å². The molecule has 1 heterocycles. The maximum Gasteiger partial charge on any atom is 0.269 e. The van der Waals surface area contributed by atoms with Crippen LogP contribution in [-0.2, 0) is 11.2 Å². The van der Waals surface area contributed by atoms with Crippen LogP contribution in [0.4, 0.5) is 5.69 Å². The first-order valence-electron chi connectivity index (χ1n) is 6.88. The van der Waals surface area contributed by atoms with Crippen LogP contribution in [0.1, 0.15) is 24.8 Å². The fourth-order valence-corrected chi connectivity index (χ4v) is 2.36. The van der Waals surface area contributed by atoms with Gasteiger partial charge in [0, 0.05) is 31.1 Å². The summed E-state index contributed by atoms with van der Waals surface area (Å²) in [5.74, 6) is 0.00482. The summed E-state index contributed by atoms with van der Waals surface area (Å²) in [4.78, 5) is 22.1. The molecular formula is C14H19N3O3. The molecule has 2 rings (SSSR count). The van der Waals surface area contributed by atoms with Gasteiger partial charge in [0.05, 0.1) is 4.92 Å². The zero-order chi connectivity index (χ0) is 14.4. The molecule has 0 aliphatic carbocycles. The number of carbonyl (C=O) groups excluding carboxylic acids is 1. The average Bonchev–Trinajstić information content (AvgIpc) is 2.46. The lowest BCUT2D eigenvalue weighted by Crippen LogP contribution is -2.45. The van der Waals surface area contributed by atoms with Gasteiger partial charge < -0.3 is 10.6 Å². The van der Waals surface area contributed by atoms with E-state index in [-0.39, 0.29) is 17.6 Å². The first-order valence-corrected chi connectivity index (χ1v) is 6.88. The third kappa shape index (κ3) is 4.31. The Balaban J connectivity index is 1.80. The Hall–Kier alpha value is -1.95. The van der Waals surface area contributed by atoms with Crippen molar-refractivity contribution in [1.82, 2.24) is 10.6 Å². The highest BCUT2D eigenvalue weighted by Crippen LogP contribution is 2.14. The van der Waals surface area contributed by atoms with Crippen molar-refractivity contribution in [2.45, 2.75) is 31.7 Å². The molecule has 0 bridgehead atoms. The van der Waals surface area contributed by atoms with Crippen LogP contribution in [0.3, 0.4) is 0 Å². The van der Waals surface area contributed by atoms with Crippen LogP contribution in [0.25, 0.3) is 0 Å². The molecular weight excluding hydrogens is 258 g/mol. The highest BCUT2D eigenvalue weighted by atomic mass is 16.6. The minimum absolute atomic E-state index is 0.00482. The maximum atomic E-state index is 11.8. The summed E-state index contributed by atoms with van der Waals surface area (Å²) >= 11 is 0. The molecule has 1 fully saturated rings. The molecule has 1 aliphatic heterocycles. The number of aryl methyl sites for hydroxylation is 1. The predicted molar refractivity (Wildman–Crippen MR) is 75.5 cm³/mol. The molecule has 1 aromatic rings. The van der Waals surface area contributed by atoms with Crippen molar-refractivity contribution in [2.24, 2.45) is 0 Å². The molecule has 6 heteroatoms. The van der Waals surface area contributed by atoms with Crippen LogP contribution in [0.2, 0.25) is 0 Å². The molecule has 0 radical (unpaired) electrons. The number of nitrogens with zero attached hydrogens (tertiary/aromatic N) is 1. The molecule has 1 aliphatic rings. The van der Waals surface area contributed by atoms with Gasteiger partial charge in [-0.25, -0.2) is 0 Å². The van der Waals surface area contributed by atoms with Gasteiger partial charge in [-0.3, -0.25) is 14.9 Å². The Bertz CT molecular complexity index is 484. The number of nitrogens with one attached hydrogen (secondary N) is 2. The van der Waals surface area contributed by atoms with E-state index in [9.17, 15) is 14.9 Å². The third-order valence-electron chi connectivity index (χ3n) is 3.42. The van der Waals surface area contributed by atoms with Gasteiger partial charge in [0.2, 0.25) is 5.91 Å². The number of rotatable bonds is 5. The maximum absolute atomic E-state index is 11.8. The summed E-state index contributed by atoms with van der Waals surface area (Å²) in [5, 5.41) is 16.9. The number of benzene rings is 1. The van der Waals surface area contributed by atoms with Crippen LogP contribution in [0, 0.1) is 10.1 Å². The third-order valence-corrected chi connectivity index (χ3v) is 3.42. The molecule has 1 atom stereocenters. The number of non-ortho nitro benzene ring substituents is 1. The molecule has 0 saturated carbocycles. The van der Waals surface area contributed by atoms with E-state index in [1.165, 1.54) is 12.1 Å². The zero-order valence-electron chi connectivity index (χ0n) is 11.3. The second kappa shape index (κ2) is 7.00. The van der Waals surface area contributed by atoms with Crippen LogP contribution >= 0.6 is 0 Å². The lowest BCUT2D eigenvalue weighted by molar-refractivity contribution is -0.384. The average molecular weight is 277 g/mol. The Morgan fingerprint density at radius 2 is 2.35 bits per heavy atom. The molecule has 2 N–H and O–H groups in total. The first kappa shape index (κ1) is 14.5. The number of amides is 1. The van der Waals surface area contributed by atoms with E-state index >= 15 is 0 Å². The number of piperidine rings is 1. The van der Waals surface area contributed by atoms with Crippen molar-refractivity contribution in [1.29, 1.82) is 0 Å². The Labute approximate surface area is 117 Å². The van der Waals surface area contributed by atoms with E-state index in [2.05, 4.69) is 10.6 Å². The molecule has 20 heavy (non-hydrogen) atoms. The summed E-state index contributed by atoms with van der Waals surface area (Å²) in [6.07, 6.45) is 2.97. The van der Waals surface area contributed by atoms with E-state index in [0.29, 0.717) is 12.8 Å². The normalized spacial score (nSPS) is 18.5. The van der Waals surface area contributed by atoms with Gasteiger partial charge in [-0.15, -0.1) is 0 Å². The van der Waals surface area contributed by atoms with E-state index in [1.807, 2.05) is 6.07 Å². The Kier molecular flexibility index (Phi) is 5.06. The van der Waals surface area contributed by atoms with Crippen molar-refractivity contribution < 1.29 is 9.72 Å². The molecule has 0 spiro atoms. The van der Waals surface area contributed by atoms with Gasteiger partial charge in [0.25, 0.3) is 5.69 Å². The van der Waals surface area contributed by atoms with Crippen LogP contribution in [0.15, 0.2) is 24.3 Å². The summed E-state index contributed by atoms with van der Waals surface area (Å²) in [6, 6.07) is 6.65. The summed E-state index contributed by atoms with van der Waals surface area (Å²) in [5.41, 5.74) is 0.885. The smallest absolute Gasteiger partial charge is 0.269 e. The second-order valence-corrected chi connectivity index (χ2v) is 5.04. The fourth-order valence-electron chi connectivity index (χ4n) is 2.36. The first-order chi connectivity index (χ1) is 9.65. The Morgan fingerprint density at radius 3 is 3.05 bits per heavy atom. The predicted octanol–water partition coefficient (Wildman–Crippen LogP) is 1.40. The molecule has 1 saturated heterocycles. The number of nitro groups is 1. The zero-order valence-corrected chi connectivity index (χ0v) is 11.3. The molecule has 0 unspecified atom stereocenters. The minimum Gasteiger partial charge on any atom is -0.352 e. The topological polar surface area (TPSA) is 84.3 Å². The number of hydrogen-bond acceptors (Lipinski definition) is 4. The van der Waals surface area contributed by atoms with Crippen LogP contribution in [-0.4, -0.2) is 30.0 Å². The highest BCUT2D eigenvalue weighted by Gasteiger charge is 2.15. The monoisotopic (exact) mass is 277 g/mol.